The number of fused-ring (bicyclic) bond motifs is 1. The topological polar surface area (TPSA) is 89.3 Å². The molecule has 0 unspecified atom stereocenters. The van der Waals surface area contributed by atoms with Crippen molar-refractivity contribution in [2.75, 3.05) is 34.8 Å². The standard InChI is InChI=1S/C22H23N5O2/c1-15(28)27-11-8-18-12-19(3-4-20(18)27)25-22(29)17-6-9-26(10-7-17)21-5-2-16(13-23)14-24-21/h2-5,12,14,17H,6-11H2,1H3,(H,25,29). The molecule has 2 aliphatic heterocycles. The summed E-state index contributed by atoms with van der Waals surface area (Å²) in [7, 11) is 0. The predicted molar refractivity (Wildman–Crippen MR) is 111 cm³/mol. The third kappa shape index (κ3) is 3.92. The third-order valence-corrected chi connectivity index (χ3v) is 5.69. The number of benzene rings is 1. The van der Waals surface area contributed by atoms with Crippen molar-refractivity contribution in [2.24, 2.45) is 5.92 Å². The molecular formula is C22H23N5O2. The molecular weight excluding hydrogens is 366 g/mol. The van der Waals surface area contributed by atoms with Crippen LogP contribution in [0.15, 0.2) is 36.5 Å². The minimum absolute atomic E-state index is 0.0356. The van der Waals surface area contributed by atoms with E-state index in [1.165, 1.54) is 0 Å². The molecule has 1 aromatic carbocycles. The number of amides is 2. The third-order valence-electron chi connectivity index (χ3n) is 5.69. The molecule has 1 aromatic heterocycles. The largest absolute Gasteiger partial charge is 0.357 e. The lowest BCUT2D eigenvalue weighted by atomic mass is 9.95. The smallest absolute Gasteiger partial charge is 0.227 e. The number of anilines is 3. The molecule has 0 aliphatic carbocycles. The second-order valence-electron chi connectivity index (χ2n) is 7.53. The van der Waals surface area contributed by atoms with Gasteiger partial charge in [0.1, 0.15) is 11.9 Å². The lowest BCUT2D eigenvalue weighted by molar-refractivity contribution is -0.120. The van der Waals surface area contributed by atoms with E-state index < -0.39 is 0 Å². The van der Waals surface area contributed by atoms with E-state index in [0.29, 0.717) is 12.1 Å². The Morgan fingerprint density at radius 2 is 1.97 bits per heavy atom. The van der Waals surface area contributed by atoms with Crippen molar-refractivity contribution < 1.29 is 9.59 Å². The molecule has 2 aromatic rings. The zero-order valence-corrected chi connectivity index (χ0v) is 16.4. The Balaban J connectivity index is 1.34. The SMILES string of the molecule is CC(=O)N1CCc2cc(NC(=O)C3CCN(c4ccc(C#N)cn4)CC3)ccc21. The van der Waals surface area contributed by atoms with Crippen molar-refractivity contribution in [2.45, 2.75) is 26.2 Å². The van der Waals surface area contributed by atoms with E-state index in [4.69, 9.17) is 5.26 Å². The van der Waals surface area contributed by atoms with Gasteiger partial charge in [-0.25, -0.2) is 4.98 Å². The van der Waals surface area contributed by atoms with Gasteiger partial charge in [0.25, 0.3) is 0 Å². The maximum absolute atomic E-state index is 12.7. The monoisotopic (exact) mass is 389 g/mol. The van der Waals surface area contributed by atoms with Crippen molar-refractivity contribution in [1.82, 2.24) is 4.98 Å². The molecule has 29 heavy (non-hydrogen) atoms. The van der Waals surface area contributed by atoms with Gasteiger partial charge in [0.15, 0.2) is 0 Å². The number of hydrogen-bond donors (Lipinski definition) is 1. The highest BCUT2D eigenvalue weighted by Crippen LogP contribution is 2.31. The van der Waals surface area contributed by atoms with Crippen LogP contribution < -0.4 is 15.1 Å². The van der Waals surface area contributed by atoms with Crippen LogP contribution in [0.25, 0.3) is 0 Å². The minimum Gasteiger partial charge on any atom is -0.357 e. The van der Waals surface area contributed by atoms with Crippen LogP contribution in [0.5, 0.6) is 0 Å². The minimum atomic E-state index is -0.0356. The van der Waals surface area contributed by atoms with E-state index in [-0.39, 0.29) is 17.7 Å². The number of nitriles is 1. The Labute approximate surface area is 169 Å². The number of carbonyl (C=O) groups is 2. The van der Waals surface area contributed by atoms with Gasteiger partial charge in [0, 0.05) is 50.0 Å². The van der Waals surface area contributed by atoms with E-state index in [1.54, 1.807) is 24.1 Å². The summed E-state index contributed by atoms with van der Waals surface area (Å²) < 4.78 is 0. The van der Waals surface area contributed by atoms with Crippen molar-refractivity contribution in [3.63, 3.8) is 0 Å². The molecule has 0 spiro atoms. The Morgan fingerprint density at radius 3 is 2.62 bits per heavy atom. The zero-order chi connectivity index (χ0) is 20.4. The normalized spacial score (nSPS) is 16.3. The first kappa shape index (κ1) is 18.9. The molecule has 7 nitrogen and oxygen atoms in total. The second kappa shape index (κ2) is 7.92. The van der Waals surface area contributed by atoms with E-state index in [1.807, 2.05) is 24.3 Å². The highest BCUT2D eigenvalue weighted by molar-refractivity contribution is 5.96. The Morgan fingerprint density at radius 1 is 1.17 bits per heavy atom. The van der Waals surface area contributed by atoms with Crippen LogP contribution in [0.4, 0.5) is 17.2 Å². The van der Waals surface area contributed by atoms with Crippen LogP contribution in [0, 0.1) is 17.2 Å². The van der Waals surface area contributed by atoms with Crippen LogP contribution in [0.1, 0.15) is 30.9 Å². The molecule has 0 saturated carbocycles. The average Bonchev–Trinajstić information content (AvgIpc) is 3.17. The highest BCUT2D eigenvalue weighted by atomic mass is 16.2. The number of pyridine rings is 1. The van der Waals surface area contributed by atoms with Gasteiger partial charge in [-0.3, -0.25) is 9.59 Å². The molecule has 1 fully saturated rings. The number of carbonyl (C=O) groups excluding carboxylic acids is 2. The van der Waals surface area contributed by atoms with Crippen molar-refractivity contribution in [3.05, 3.63) is 47.7 Å². The molecule has 0 atom stereocenters. The molecule has 7 heteroatoms. The number of piperidine rings is 1. The van der Waals surface area contributed by atoms with E-state index in [9.17, 15) is 9.59 Å². The summed E-state index contributed by atoms with van der Waals surface area (Å²) in [6, 6.07) is 11.5. The van der Waals surface area contributed by atoms with E-state index >= 15 is 0 Å². The Hall–Kier alpha value is -3.40. The molecule has 1 saturated heterocycles. The summed E-state index contributed by atoms with van der Waals surface area (Å²) in [4.78, 5) is 32.7. The summed E-state index contributed by atoms with van der Waals surface area (Å²) >= 11 is 0. The quantitative estimate of drug-likeness (QED) is 0.872. The first-order valence-corrected chi connectivity index (χ1v) is 9.88. The second-order valence-corrected chi connectivity index (χ2v) is 7.53. The Bertz CT molecular complexity index is 972. The van der Waals surface area contributed by atoms with Crippen molar-refractivity contribution in [3.8, 4) is 6.07 Å². The van der Waals surface area contributed by atoms with Crippen LogP contribution in [0.3, 0.4) is 0 Å². The van der Waals surface area contributed by atoms with Gasteiger partial charge in [-0.15, -0.1) is 0 Å². The molecule has 0 radical (unpaired) electrons. The van der Waals surface area contributed by atoms with Crippen molar-refractivity contribution in [1.29, 1.82) is 5.26 Å². The zero-order valence-electron chi connectivity index (χ0n) is 16.4. The summed E-state index contributed by atoms with van der Waals surface area (Å²) in [5, 5.41) is 11.9. The van der Waals surface area contributed by atoms with Crippen molar-refractivity contribution >= 4 is 29.0 Å². The first-order chi connectivity index (χ1) is 14.0. The average molecular weight is 389 g/mol. The maximum atomic E-state index is 12.7. The number of nitrogens with zero attached hydrogens (tertiary/aromatic N) is 4. The molecule has 4 rings (SSSR count). The van der Waals surface area contributed by atoms with Gasteiger partial charge in [-0.05, 0) is 55.2 Å². The van der Waals surface area contributed by atoms with Crippen LogP contribution >= 0.6 is 0 Å². The lowest BCUT2D eigenvalue weighted by Gasteiger charge is -2.32. The number of rotatable bonds is 3. The maximum Gasteiger partial charge on any atom is 0.227 e. The molecule has 2 amide bonds. The van der Waals surface area contributed by atoms with Gasteiger partial charge >= 0.3 is 0 Å². The number of aromatic nitrogens is 1. The summed E-state index contributed by atoms with van der Waals surface area (Å²) in [5.74, 6) is 0.894. The van der Waals surface area contributed by atoms with E-state index in [0.717, 1.165) is 55.1 Å². The van der Waals surface area contributed by atoms with Gasteiger partial charge in [0.2, 0.25) is 11.8 Å². The van der Waals surface area contributed by atoms with Crippen LogP contribution in [-0.2, 0) is 16.0 Å². The summed E-state index contributed by atoms with van der Waals surface area (Å²) in [6.07, 6.45) is 3.91. The molecule has 3 heterocycles. The summed E-state index contributed by atoms with van der Waals surface area (Å²) in [5.41, 5.74) is 3.37. The fraction of sp³-hybridized carbons (Fsp3) is 0.364. The summed E-state index contributed by atoms with van der Waals surface area (Å²) in [6.45, 7) is 3.79. The van der Waals surface area contributed by atoms with Crippen LogP contribution in [0.2, 0.25) is 0 Å². The molecule has 2 aliphatic rings. The first-order valence-electron chi connectivity index (χ1n) is 9.88. The lowest BCUT2D eigenvalue weighted by Crippen LogP contribution is -2.38. The van der Waals surface area contributed by atoms with Gasteiger partial charge < -0.3 is 15.1 Å². The predicted octanol–water partition coefficient (Wildman–Crippen LogP) is 2.72. The number of nitrogens with one attached hydrogen (secondary N) is 1. The molecule has 148 valence electrons. The van der Waals surface area contributed by atoms with Gasteiger partial charge in [-0.2, -0.15) is 5.26 Å². The Kier molecular flexibility index (Phi) is 5.17. The number of hydrogen-bond acceptors (Lipinski definition) is 5. The van der Waals surface area contributed by atoms with Gasteiger partial charge in [0.05, 0.1) is 5.56 Å². The fourth-order valence-electron chi connectivity index (χ4n) is 4.06. The van der Waals surface area contributed by atoms with E-state index in [2.05, 4.69) is 21.3 Å². The molecule has 0 bridgehead atoms. The van der Waals surface area contributed by atoms with Crippen LogP contribution in [-0.4, -0.2) is 36.4 Å². The van der Waals surface area contributed by atoms with Gasteiger partial charge in [-0.1, -0.05) is 0 Å². The highest BCUT2D eigenvalue weighted by Gasteiger charge is 2.27. The molecule has 1 N–H and O–H groups in total. The fourth-order valence-corrected chi connectivity index (χ4v) is 4.06.